The summed E-state index contributed by atoms with van der Waals surface area (Å²) in [6.07, 6.45) is 0. The lowest BCUT2D eigenvalue weighted by atomic mass is 10.0. The van der Waals surface area contributed by atoms with Gasteiger partial charge in [0.05, 0.1) is 24.1 Å². The van der Waals surface area contributed by atoms with Gasteiger partial charge < -0.3 is 15.2 Å². The molecule has 2 aromatic carbocycles. The van der Waals surface area contributed by atoms with Crippen LogP contribution in [0.15, 0.2) is 40.1 Å². The molecule has 1 aliphatic heterocycles. The third-order valence-corrected chi connectivity index (χ3v) is 6.71. The maximum Gasteiger partial charge on any atom is 0.261 e. The molecule has 4 rings (SSSR count). The Morgan fingerprint density at radius 3 is 2.70 bits per heavy atom. The number of fused-ring (bicyclic) bond motifs is 2. The summed E-state index contributed by atoms with van der Waals surface area (Å²) in [5.74, 6) is 0. The van der Waals surface area contributed by atoms with E-state index < -0.39 is 0 Å². The highest BCUT2D eigenvalue weighted by atomic mass is 35.5. The topological polar surface area (TPSA) is 55.3 Å². The lowest BCUT2D eigenvalue weighted by molar-refractivity contribution is -0.681. The number of likely N-dealkylation sites (N-methyl/N-ethyl adjacent to an activating group) is 1. The van der Waals surface area contributed by atoms with Crippen molar-refractivity contribution in [2.24, 2.45) is 0 Å². The summed E-state index contributed by atoms with van der Waals surface area (Å²) >= 11 is 7.76. The van der Waals surface area contributed by atoms with E-state index in [1.807, 2.05) is 30.3 Å². The summed E-state index contributed by atoms with van der Waals surface area (Å²) in [5.41, 5.74) is 3.29. The van der Waals surface area contributed by atoms with E-state index in [9.17, 15) is 10.3 Å². The van der Waals surface area contributed by atoms with Crippen LogP contribution in [0.5, 0.6) is 0 Å². The lowest BCUT2D eigenvalue weighted by Gasteiger charge is -2.17. The molecule has 0 atom stereocenters. The fraction of sp³-hybridized carbons (Fsp3) is 0.350. The van der Waals surface area contributed by atoms with Crippen molar-refractivity contribution in [3.05, 3.63) is 46.1 Å². The van der Waals surface area contributed by atoms with Crippen molar-refractivity contribution in [1.29, 1.82) is 0 Å². The summed E-state index contributed by atoms with van der Waals surface area (Å²) < 4.78 is 1.80. The Kier molecular flexibility index (Phi) is 5.07. The maximum absolute atomic E-state index is 13.3. The van der Waals surface area contributed by atoms with Gasteiger partial charge in [0.15, 0.2) is 0 Å². The summed E-state index contributed by atoms with van der Waals surface area (Å²) in [6.45, 7) is 7.55. The maximum atomic E-state index is 13.3. The Labute approximate surface area is 167 Å². The molecule has 0 spiro atoms. The second-order valence-electron chi connectivity index (χ2n) is 6.62. The van der Waals surface area contributed by atoms with Gasteiger partial charge in [0, 0.05) is 21.4 Å². The molecular formula is C20H22ClN3O2S. The van der Waals surface area contributed by atoms with Gasteiger partial charge in [-0.1, -0.05) is 48.1 Å². The number of aliphatic hydroxyl groups is 1. The number of hydrogen-bond acceptors (Lipinski definition) is 4. The normalized spacial score (nSPS) is 12.8. The smallest absolute Gasteiger partial charge is 0.261 e. The zero-order valence-corrected chi connectivity index (χ0v) is 17.0. The van der Waals surface area contributed by atoms with E-state index in [0.29, 0.717) is 17.3 Å². The molecule has 0 saturated heterocycles. The van der Waals surface area contributed by atoms with Gasteiger partial charge >= 0.3 is 0 Å². The molecule has 0 aliphatic carbocycles. The van der Waals surface area contributed by atoms with Crippen LogP contribution in [-0.2, 0) is 13.2 Å². The number of halogens is 1. The summed E-state index contributed by atoms with van der Waals surface area (Å²) in [4.78, 5) is 5.22. The van der Waals surface area contributed by atoms with Crippen LogP contribution in [0.25, 0.3) is 22.2 Å². The minimum atomic E-state index is -0.0584. The van der Waals surface area contributed by atoms with E-state index in [1.54, 1.807) is 16.4 Å². The Hall–Kier alpha value is -1.73. The van der Waals surface area contributed by atoms with E-state index >= 15 is 0 Å². The van der Waals surface area contributed by atoms with Crippen LogP contribution in [-0.4, -0.2) is 34.3 Å². The molecule has 27 heavy (non-hydrogen) atoms. The van der Waals surface area contributed by atoms with E-state index in [2.05, 4.69) is 18.7 Å². The van der Waals surface area contributed by atoms with E-state index in [1.165, 1.54) is 0 Å². The molecule has 0 unspecified atom stereocenters. The van der Waals surface area contributed by atoms with Crippen LogP contribution in [0.2, 0.25) is 5.02 Å². The highest BCUT2D eigenvalue weighted by molar-refractivity contribution is 7.99. The van der Waals surface area contributed by atoms with Crippen molar-refractivity contribution in [1.82, 2.24) is 9.58 Å². The molecule has 0 radical (unpaired) electrons. The van der Waals surface area contributed by atoms with Crippen LogP contribution in [0.4, 0.5) is 0 Å². The molecule has 1 aliphatic rings. The van der Waals surface area contributed by atoms with Gasteiger partial charge in [0.1, 0.15) is 5.52 Å². The van der Waals surface area contributed by atoms with Crippen molar-refractivity contribution < 1.29 is 9.95 Å². The highest BCUT2D eigenvalue weighted by Crippen LogP contribution is 2.48. The number of rotatable bonds is 6. The number of benzene rings is 2. The standard InChI is InChI=1S/C20H22ClN3O2S/c1-3-22(4-2)9-10-23-16-8-5-13(12-25)20-18(16)19(24(23)26)15-7-6-14(21)11-17(15)27-20/h5-8,11,25H,3-4,9-10,12H2,1-2H3. The first-order valence-electron chi connectivity index (χ1n) is 9.17. The van der Waals surface area contributed by atoms with Gasteiger partial charge in [0.25, 0.3) is 5.69 Å². The van der Waals surface area contributed by atoms with Gasteiger partial charge in [0.2, 0.25) is 0 Å². The number of hydrogen-bond donors (Lipinski definition) is 1. The highest BCUT2D eigenvalue weighted by Gasteiger charge is 2.33. The van der Waals surface area contributed by atoms with Crippen molar-refractivity contribution in [2.45, 2.75) is 36.8 Å². The third-order valence-electron chi connectivity index (χ3n) is 5.25. The lowest BCUT2D eigenvalue weighted by Crippen LogP contribution is -2.41. The first-order valence-corrected chi connectivity index (χ1v) is 10.4. The van der Waals surface area contributed by atoms with Crippen molar-refractivity contribution in [2.75, 3.05) is 19.6 Å². The zero-order valence-electron chi connectivity index (χ0n) is 15.4. The molecule has 1 N–H and O–H groups in total. The molecule has 5 nitrogen and oxygen atoms in total. The van der Waals surface area contributed by atoms with E-state index in [0.717, 1.165) is 56.3 Å². The minimum absolute atomic E-state index is 0.0584. The van der Waals surface area contributed by atoms with E-state index in [4.69, 9.17) is 11.6 Å². The first-order chi connectivity index (χ1) is 13.1. The van der Waals surface area contributed by atoms with Crippen LogP contribution in [0.3, 0.4) is 0 Å². The largest absolute Gasteiger partial charge is 0.595 e. The molecule has 0 saturated carbocycles. The second-order valence-corrected chi connectivity index (χ2v) is 8.11. The quantitative estimate of drug-likeness (QED) is 0.392. The first kappa shape index (κ1) is 18.6. The molecule has 3 aromatic rings. The van der Waals surface area contributed by atoms with Gasteiger partial charge in [-0.15, -0.1) is 4.68 Å². The van der Waals surface area contributed by atoms with Crippen molar-refractivity contribution >= 4 is 34.3 Å². The molecule has 2 heterocycles. The fourth-order valence-electron chi connectivity index (χ4n) is 3.73. The molecule has 0 bridgehead atoms. The predicted molar refractivity (Wildman–Crippen MR) is 109 cm³/mol. The average molecular weight is 404 g/mol. The molecule has 142 valence electrons. The van der Waals surface area contributed by atoms with Crippen LogP contribution in [0, 0.1) is 5.21 Å². The van der Waals surface area contributed by atoms with Crippen LogP contribution < -0.4 is 4.85 Å². The Morgan fingerprint density at radius 1 is 1.22 bits per heavy atom. The number of nitrogens with zero attached hydrogens (tertiary/aromatic N) is 3. The van der Waals surface area contributed by atoms with Crippen molar-refractivity contribution in [3.63, 3.8) is 0 Å². The monoisotopic (exact) mass is 403 g/mol. The second kappa shape index (κ2) is 7.36. The van der Waals surface area contributed by atoms with E-state index in [-0.39, 0.29) is 6.61 Å². The van der Waals surface area contributed by atoms with Crippen LogP contribution >= 0.6 is 23.4 Å². The summed E-state index contributed by atoms with van der Waals surface area (Å²) in [6, 6.07) is 9.49. The van der Waals surface area contributed by atoms with Crippen LogP contribution in [0.1, 0.15) is 19.4 Å². The number of aromatic nitrogens is 2. The van der Waals surface area contributed by atoms with Gasteiger partial charge in [-0.05, 0) is 42.9 Å². The molecule has 7 heteroatoms. The summed E-state index contributed by atoms with van der Waals surface area (Å²) in [7, 11) is 0. The Balaban J connectivity index is 1.93. The third kappa shape index (κ3) is 3.01. The number of aliphatic hydroxyl groups excluding tert-OH is 1. The molecule has 0 fully saturated rings. The minimum Gasteiger partial charge on any atom is -0.595 e. The SMILES string of the molecule is CCN(CC)CCn1c2ccc(CO)c3c2c([n+]1[O-])-c1ccc(Cl)cc1S3. The molecule has 0 amide bonds. The summed E-state index contributed by atoms with van der Waals surface area (Å²) in [5, 5.41) is 24.7. The van der Waals surface area contributed by atoms with Crippen molar-refractivity contribution in [3.8, 4) is 11.3 Å². The zero-order chi connectivity index (χ0) is 19.1. The molecular weight excluding hydrogens is 382 g/mol. The Morgan fingerprint density at radius 2 is 2.00 bits per heavy atom. The van der Waals surface area contributed by atoms with Gasteiger partial charge in [-0.25, -0.2) is 0 Å². The van der Waals surface area contributed by atoms with Gasteiger partial charge in [-0.2, -0.15) is 0 Å². The van der Waals surface area contributed by atoms with Gasteiger partial charge in [-0.3, -0.25) is 0 Å². The fourth-order valence-corrected chi connectivity index (χ4v) is 5.21. The predicted octanol–water partition coefficient (Wildman–Crippen LogP) is 3.89. The molecule has 1 aromatic heterocycles. The Bertz CT molecular complexity index is 1010. The average Bonchev–Trinajstić information content (AvgIpc) is 2.96.